The van der Waals surface area contributed by atoms with Gasteiger partial charge in [0.15, 0.2) is 5.60 Å². The summed E-state index contributed by atoms with van der Waals surface area (Å²) in [5.41, 5.74) is 0.260. The van der Waals surface area contributed by atoms with Crippen molar-refractivity contribution in [1.82, 2.24) is 0 Å². The summed E-state index contributed by atoms with van der Waals surface area (Å²) in [5.74, 6) is 0. The highest BCUT2D eigenvalue weighted by molar-refractivity contribution is 4.62. The van der Waals surface area contributed by atoms with Gasteiger partial charge in [0.2, 0.25) is 0 Å². The van der Waals surface area contributed by atoms with Gasteiger partial charge < -0.3 is 4.37 Å². The zero-order valence-corrected chi connectivity index (χ0v) is 7.32. The van der Waals surface area contributed by atoms with Crippen LogP contribution in [0.25, 0.3) is 0 Å². The van der Waals surface area contributed by atoms with Crippen LogP contribution in [0.3, 0.4) is 0 Å². The van der Waals surface area contributed by atoms with Crippen molar-refractivity contribution in [2.24, 2.45) is 0 Å². The van der Waals surface area contributed by atoms with Crippen LogP contribution in [0, 0.1) is 0 Å². The van der Waals surface area contributed by atoms with Gasteiger partial charge in [0, 0.05) is 27.2 Å². The van der Waals surface area contributed by atoms with Crippen molar-refractivity contribution in [3.63, 3.8) is 0 Å². The Bertz CT molecular complexity index is 71.1. The van der Waals surface area contributed by atoms with Crippen molar-refractivity contribution in [3.8, 4) is 0 Å². The van der Waals surface area contributed by atoms with Crippen molar-refractivity contribution >= 4 is 0 Å². The molecule has 0 aliphatic rings. The molecule has 1 heteroatoms. The molecule has 56 valence electrons. The molecule has 0 rings (SSSR count). The molecule has 0 aromatic carbocycles. The smallest absolute Gasteiger partial charge is 0.156 e. The third-order valence-corrected chi connectivity index (χ3v) is 1.56. The van der Waals surface area contributed by atoms with E-state index in [2.05, 4.69) is 39.2 Å². The maximum atomic E-state index is 3.12. The highest BCUT2D eigenvalue weighted by Crippen LogP contribution is 2.14. The predicted octanol–water partition coefficient (Wildman–Crippen LogP) is 2.38. The van der Waals surface area contributed by atoms with Gasteiger partial charge in [-0.2, -0.15) is 0 Å². The highest BCUT2D eigenvalue weighted by atomic mass is 16.7. The predicted molar refractivity (Wildman–Crippen MR) is 41.9 cm³/mol. The second-order valence-electron chi connectivity index (χ2n) is 3.45. The Hall–Kier alpha value is -0.0400. The molecular weight excluding hydrogens is 112 g/mol. The zero-order chi connectivity index (χ0) is 7.49. The quantitative estimate of drug-likeness (QED) is 0.506. The summed E-state index contributed by atoms with van der Waals surface area (Å²) in [6, 6.07) is 0. The molecule has 0 saturated carbocycles. The first-order chi connectivity index (χ1) is 3.98. The van der Waals surface area contributed by atoms with Crippen LogP contribution in [0.2, 0.25) is 0 Å². The zero-order valence-electron chi connectivity index (χ0n) is 7.32. The Morgan fingerprint density at radius 2 is 1.67 bits per heavy atom. The third kappa shape index (κ3) is 3.52. The average molecular weight is 131 g/mol. The number of rotatable bonds is 2. The van der Waals surface area contributed by atoms with Gasteiger partial charge in [0.05, 0.1) is 0 Å². The summed E-state index contributed by atoms with van der Waals surface area (Å²) >= 11 is 0. The van der Waals surface area contributed by atoms with Crippen molar-refractivity contribution in [1.29, 1.82) is 0 Å². The molecule has 0 aromatic heterocycles. The van der Waals surface area contributed by atoms with E-state index in [0.717, 1.165) is 6.61 Å². The minimum atomic E-state index is 0.260. The Balaban J connectivity index is 3.59. The summed E-state index contributed by atoms with van der Waals surface area (Å²) in [7, 11) is 2.09. The fourth-order valence-electron chi connectivity index (χ4n) is 0.612. The molecule has 0 radical (unpaired) electrons. The third-order valence-electron chi connectivity index (χ3n) is 1.56. The van der Waals surface area contributed by atoms with Crippen LogP contribution in [0.1, 0.15) is 34.1 Å². The van der Waals surface area contributed by atoms with E-state index in [1.165, 1.54) is 6.42 Å². The summed E-state index contributed by atoms with van der Waals surface area (Å²) < 4.78 is 3.12. The lowest BCUT2D eigenvalue weighted by molar-refractivity contribution is -0.198. The maximum absolute atomic E-state index is 3.12. The van der Waals surface area contributed by atoms with Crippen LogP contribution in [-0.2, 0) is 4.37 Å². The van der Waals surface area contributed by atoms with Crippen molar-refractivity contribution in [2.45, 2.75) is 39.7 Å². The molecule has 0 aliphatic carbocycles. The van der Waals surface area contributed by atoms with E-state index in [-0.39, 0.29) is 5.60 Å². The summed E-state index contributed by atoms with van der Waals surface area (Å²) in [4.78, 5) is 0. The van der Waals surface area contributed by atoms with Crippen LogP contribution in [0.4, 0.5) is 0 Å². The fraction of sp³-hybridized carbons (Fsp3) is 1.00. The largest absolute Gasteiger partial charge is 0.420 e. The lowest BCUT2D eigenvalue weighted by Gasteiger charge is -2.27. The molecule has 0 amide bonds. The first-order valence-corrected chi connectivity index (χ1v) is 3.61. The van der Waals surface area contributed by atoms with Gasteiger partial charge in [-0.05, 0) is 0 Å². The molecule has 9 heavy (non-hydrogen) atoms. The van der Waals surface area contributed by atoms with Crippen molar-refractivity contribution in [3.05, 3.63) is 0 Å². The van der Waals surface area contributed by atoms with E-state index in [0.29, 0.717) is 0 Å². The maximum Gasteiger partial charge on any atom is 0.156 e. The normalized spacial score (nSPS) is 12.7. The topological polar surface area (TPSA) is 2.70 Å². The monoisotopic (exact) mass is 131 g/mol. The Morgan fingerprint density at radius 3 is 1.78 bits per heavy atom. The first kappa shape index (κ1) is 8.96. The van der Waals surface area contributed by atoms with Crippen LogP contribution in [0.15, 0.2) is 0 Å². The summed E-state index contributed by atoms with van der Waals surface area (Å²) in [6.07, 6.45) is 1.21. The molecule has 0 aliphatic heterocycles. The van der Waals surface area contributed by atoms with Crippen LogP contribution in [0.5, 0.6) is 0 Å². The van der Waals surface area contributed by atoms with Gasteiger partial charge in [-0.25, -0.2) is 0 Å². The lowest BCUT2D eigenvalue weighted by atomic mass is 10.2. The van der Waals surface area contributed by atoms with E-state index in [9.17, 15) is 0 Å². The van der Waals surface area contributed by atoms with Gasteiger partial charge in [-0.3, -0.25) is 0 Å². The molecule has 0 bridgehead atoms. The SMILES string of the molecule is CCC[O+](C)C(C)(C)C. The Kier molecular flexibility index (Phi) is 3.20. The van der Waals surface area contributed by atoms with Crippen molar-refractivity contribution < 1.29 is 4.37 Å². The Labute approximate surface area is 58.7 Å². The second kappa shape index (κ2) is 3.21. The molecule has 0 heterocycles. The molecule has 0 N–H and O–H groups in total. The van der Waals surface area contributed by atoms with Crippen molar-refractivity contribution in [2.75, 3.05) is 13.7 Å². The van der Waals surface area contributed by atoms with Gasteiger partial charge >= 0.3 is 0 Å². The van der Waals surface area contributed by atoms with Crippen LogP contribution < -0.4 is 0 Å². The minimum Gasteiger partial charge on any atom is -0.420 e. The van der Waals surface area contributed by atoms with E-state index in [1.807, 2.05) is 0 Å². The standard InChI is InChI=1S/C8H19O/c1-6-7-9(5)8(2,3)4/h6-7H2,1-5H3/q+1. The van der Waals surface area contributed by atoms with Gasteiger partial charge in [-0.1, -0.05) is 6.92 Å². The van der Waals surface area contributed by atoms with E-state index >= 15 is 0 Å². The molecule has 0 saturated heterocycles. The van der Waals surface area contributed by atoms with Gasteiger partial charge in [0.1, 0.15) is 13.7 Å². The molecule has 1 nitrogen and oxygen atoms in total. The van der Waals surface area contributed by atoms with E-state index in [4.69, 9.17) is 0 Å². The summed E-state index contributed by atoms with van der Waals surface area (Å²) in [5, 5.41) is 0. The molecule has 0 fully saturated rings. The van der Waals surface area contributed by atoms with E-state index < -0.39 is 0 Å². The van der Waals surface area contributed by atoms with E-state index in [1.54, 1.807) is 0 Å². The van der Waals surface area contributed by atoms with Crippen LogP contribution in [-0.4, -0.2) is 19.3 Å². The van der Waals surface area contributed by atoms with Gasteiger partial charge in [-0.15, -0.1) is 0 Å². The van der Waals surface area contributed by atoms with Crippen LogP contribution >= 0.6 is 0 Å². The summed E-state index contributed by atoms with van der Waals surface area (Å²) in [6.45, 7) is 9.91. The molecule has 0 aromatic rings. The number of hydrogen-bond acceptors (Lipinski definition) is 0. The number of hydrogen-bond donors (Lipinski definition) is 0. The second-order valence-corrected chi connectivity index (χ2v) is 3.45. The Morgan fingerprint density at radius 1 is 1.22 bits per heavy atom. The molecular formula is C8H19O+. The molecule has 0 atom stereocenters. The first-order valence-electron chi connectivity index (χ1n) is 3.61. The lowest BCUT2D eigenvalue weighted by Crippen LogP contribution is -2.30. The molecule has 0 spiro atoms. The average Bonchev–Trinajstić information content (AvgIpc) is 1.64. The molecule has 0 unspecified atom stereocenters. The van der Waals surface area contributed by atoms with Gasteiger partial charge in [0.25, 0.3) is 0 Å². The highest BCUT2D eigenvalue weighted by Gasteiger charge is 2.21. The minimum absolute atomic E-state index is 0.260. The fourth-order valence-corrected chi connectivity index (χ4v) is 0.612.